The number of aryl methyl sites for hydroxylation is 1. The van der Waals surface area contributed by atoms with Crippen molar-refractivity contribution in [2.45, 2.75) is 38.7 Å². The molecule has 1 aliphatic heterocycles. The molecule has 0 saturated carbocycles. The summed E-state index contributed by atoms with van der Waals surface area (Å²) in [6.07, 6.45) is 3.70. The maximum Gasteiger partial charge on any atom is 0.355 e. The van der Waals surface area contributed by atoms with E-state index in [1.807, 2.05) is 0 Å². The van der Waals surface area contributed by atoms with Crippen LogP contribution in [-0.4, -0.2) is 22.7 Å². The molecule has 1 atom stereocenters. The minimum atomic E-state index is -0.941. The van der Waals surface area contributed by atoms with E-state index in [1.165, 1.54) is 11.3 Å². The van der Waals surface area contributed by atoms with Gasteiger partial charge in [-0.1, -0.05) is 6.92 Å². The number of thiazole rings is 1. The highest BCUT2D eigenvalue weighted by Crippen LogP contribution is 2.35. The molecule has 0 radical (unpaired) electrons. The number of hydrogen-bond donors (Lipinski definition) is 1. The quantitative estimate of drug-likeness (QED) is 0.880. The van der Waals surface area contributed by atoms with Gasteiger partial charge in [0.15, 0.2) is 5.69 Å². The van der Waals surface area contributed by atoms with Crippen molar-refractivity contribution < 1.29 is 14.6 Å². The van der Waals surface area contributed by atoms with Gasteiger partial charge in [0.1, 0.15) is 0 Å². The van der Waals surface area contributed by atoms with Crippen molar-refractivity contribution in [1.82, 2.24) is 4.98 Å². The summed E-state index contributed by atoms with van der Waals surface area (Å²) >= 11 is 1.49. The van der Waals surface area contributed by atoms with Gasteiger partial charge in [-0.05, 0) is 25.7 Å². The van der Waals surface area contributed by atoms with Gasteiger partial charge in [-0.3, -0.25) is 0 Å². The van der Waals surface area contributed by atoms with Gasteiger partial charge in [0, 0.05) is 6.61 Å². The van der Waals surface area contributed by atoms with Gasteiger partial charge in [-0.25, -0.2) is 9.78 Å². The average Bonchev–Trinajstić information content (AvgIpc) is 2.83. The molecule has 5 heteroatoms. The second-order valence-electron chi connectivity index (χ2n) is 3.88. The molecule has 1 unspecified atom stereocenters. The Kier molecular flexibility index (Phi) is 3.56. The Morgan fingerprint density at radius 2 is 2.50 bits per heavy atom. The Bertz CT molecular complexity index is 383. The molecule has 1 saturated heterocycles. The lowest BCUT2D eigenvalue weighted by atomic mass is 10.2. The highest BCUT2D eigenvalue weighted by Gasteiger charge is 2.27. The fourth-order valence-electron chi connectivity index (χ4n) is 1.85. The predicted octanol–water partition coefficient (Wildman–Crippen LogP) is 2.65. The van der Waals surface area contributed by atoms with Gasteiger partial charge in [0.25, 0.3) is 0 Å². The molecule has 2 rings (SSSR count). The fraction of sp³-hybridized carbons (Fsp3) is 0.636. The van der Waals surface area contributed by atoms with E-state index in [-0.39, 0.29) is 11.8 Å². The summed E-state index contributed by atoms with van der Waals surface area (Å²) < 4.78 is 5.53. The molecule has 0 bridgehead atoms. The maximum atomic E-state index is 11.1. The molecule has 1 N–H and O–H groups in total. The first-order valence-corrected chi connectivity index (χ1v) is 6.38. The van der Waals surface area contributed by atoms with Gasteiger partial charge in [0.2, 0.25) is 0 Å². The van der Waals surface area contributed by atoms with Crippen molar-refractivity contribution in [3.05, 3.63) is 15.6 Å². The Morgan fingerprint density at radius 1 is 1.69 bits per heavy atom. The summed E-state index contributed by atoms with van der Waals surface area (Å²) in [6, 6.07) is 0. The average molecular weight is 241 g/mol. The van der Waals surface area contributed by atoms with E-state index in [9.17, 15) is 4.79 Å². The molecule has 1 aromatic heterocycles. The molecule has 0 spiro atoms. The standard InChI is InChI=1S/C11H15NO3S/c1-2-4-8-12-9(11(13)14)10(16-8)7-5-3-6-15-7/h7H,2-6H2,1H3,(H,13,14). The lowest BCUT2D eigenvalue weighted by Gasteiger charge is -2.06. The van der Waals surface area contributed by atoms with Crippen LogP contribution in [0.4, 0.5) is 0 Å². The summed E-state index contributed by atoms with van der Waals surface area (Å²) in [5.74, 6) is -0.941. The van der Waals surface area contributed by atoms with Gasteiger partial charge >= 0.3 is 5.97 Å². The molecule has 1 aliphatic rings. The number of carbonyl (C=O) groups is 1. The lowest BCUT2D eigenvalue weighted by molar-refractivity contribution is 0.0677. The topological polar surface area (TPSA) is 59.4 Å². The van der Waals surface area contributed by atoms with E-state index < -0.39 is 5.97 Å². The molecule has 2 heterocycles. The SMILES string of the molecule is CCCc1nc(C(=O)O)c(C2CCCO2)s1. The largest absolute Gasteiger partial charge is 0.476 e. The number of nitrogens with zero attached hydrogens (tertiary/aromatic N) is 1. The second-order valence-corrected chi connectivity index (χ2v) is 4.99. The van der Waals surface area contributed by atoms with Gasteiger partial charge in [-0.2, -0.15) is 0 Å². The van der Waals surface area contributed by atoms with Crippen molar-refractivity contribution >= 4 is 17.3 Å². The third-order valence-corrected chi connectivity index (χ3v) is 3.79. The maximum absolute atomic E-state index is 11.1. The predicted molar refractivity (Wildman–Crippen MR) is 61.0 cm³/mol. The molecule has 0 amide bonds. The van der Waals surface area contributed by atoms with Crippen molar-refractivity contribution in [1.29, 1.82) is 0 Å². The van der Waals surface area contributed by atoms with Crippen LogP contribution in [0.1, 0.15) is 52.7 Å². The van der Waals surface area contributed by atoms with Crippen molar-refractivity contribution in [3.63, 3.8) is 0 Å². The van der Waals surface area contributed by atoms with Crippen LogP contribution in [0.15, 0.2) is 0 Å². The zero-order chi connectivity index (χ0) is 11.5. The smallest absolute Gasteiger partial charge is 0.355 e. The van der Waals surface area contributed by atoms with Gasteiger partial charge in [0.05, 0.1) is 16.0 Å². The van der Waals surface area contributed by atoms with E-state index in [0.717, 1.165) is 42.2 Å². The molecule has 1 aromatic rings. The molecule has 88 valence electrons. The molecular formula is C11H15NO3S. The number of carboxylic acid groups (broad SMARTS) is 1. The first-order valence-electron chi connectivity index (χ1n) is 5.57. The van der Waals surface area contributed by atoms with Crippen LogP contribution in [0.25, 0.3) is 0 Å². The normalized spacial score (nSPS) is 20.2. The van der Waals surface area contributed by atoms with E-state index >= 15 is 0 Å². The third kappa shape index (κ3) is 2.25. The molecule has 16 heavy (non-hydrogen) atoms. The Hall–Kier alpha value is -0.940. The summed E-state index contributed by atoms with van der Waals surface area (Å²) in [4.78, 5) is 16.1. The molecule has 0 aliphatic carbocycles. The van der Waals surface area contributed by atoms with Crippen molar-refractivity contribution in [2.75, 3.05) is 6.61 Å². The Labute approximate surface area is 98.3 Å². The summed E-state index contributed by atoms with van der Waals surface area (Å²) in [5.41, 5.74) is 0.195. The van der Waals surface area contributed by atoms with Gasteiger partial charge in [-0.15, -0.1) is 11.3 Å². The second kappa shape index (κ2) is 4.93. The van der Waals surface area contributed by atoms with Crippen molar-refractivity contribution in [2.24, 2.45) is 0 Å². The van der Waals surface area contributed by atoms with Crippen LogP contribution in [0, 0.1) is 0 Å². The zero-order valence-electron chi connectivity index (χ0n) is 9.23. The number of rotatable bonds is 4. The monoisotopic (exact) mass is 241 g/mol. The Balaban J connectivity index is 2.29. The highest BCUT2D eigenvalue weighted by molar-refractivity contribution is 7.12. The van der Waals surface area contributed by atoms with Crippen LogP contribution >= 0.6 is 11.3 Å². The minimum Gasteiger partial charge on any atom is -0.476 e. The van der Waals surface area contributed by atoms with E-state index in [0.29, 0.717) is 0 Å². The summed E-state index contributed by atoms with van der Waals surface area (Å²) in [6.45, 7) is 2.79. The Morgan fingerprint density at radius 3 is 3.06 bits per heavy atom. The molecule has 1 fully saturated rings. The number of carboxylic acids is 1. The van der Waals surface area contributed by atoms with E-state index in [4.69, 9.17) is 9.84 Å². The zero-order valence-corrected chi connectivity index (χ0v) is 10.0. The number of aromatic nitrogens is 1. The van der Waals surface area contributed by atoms with Crippen LogP contribution in [0.5, 0.6) is 0 Å². The number of hydrogen-bond acceptors (Lipinski definition) is 4. The van der Waals surface area contributed by atoms with Crippen molar-refractivity contribution in [3.8, 4) is 0 Å². The first-order chi connectivity index (χ1) is 7.72. The van der Waals surface area contributed by atoms with Crippen LogP contribution in [0.3, 0.4) is 0 Å². The van der Waals surface area contributed by atoms with E-state index in [2.05, 4.69) is 11.9 Å². The van der Waals surface area contributed by atoms with Crippen LogP contribution < -0.4 is 0 Å². The van der Waals surface area contributed by atoms with E-state index in [1.54, 1.807) is 0 Å². The molecule has 4 nitrogen and oxygen atoms in total. The minimum absolute atomic E-state index is 0.0470. The molecule has 0 aromatic carbocycles. The third-order valence-electron chi connectivity index (χ3n) is 2.59. The number of ether oxygens (including phenoxy) is 1. The summed E-state index contributed by atoms with van der Waals surface area (Å²) in [5, 5.41) is 10.0. The number of aromatic carboxylic acids is 1. The lowest BCUT2D eigenvalue weighted by Crippen LogP contribution is -2.04. The van der Waals surface area contributed by atoms with Crippen LogP contribution in [-0.2, 0) is 11.2 Å². The molecular weight excluding hydrogens is 226 g/mol. The van der Waals surface area contributed by atoms with Crippen LogP contribution in [0.2, 0.25) is 0 Å². The highest BCUT2D eigenvalue weighted by atomic mass is 32.1. The first kappa shape index (κ1) is 11.5. The fourth-order valence-corrected chi connectivity index (χ4v) is 3.10. The summed E-state index contributed by atoms with van der Waals surface area (Å²) in [7, 11) is 0. The van der Waals surface area contributed by atoms with Gasteiger partial charge < -0.3 is 9.84 Å².